The molecule has 1 heterocycles. The van der Waals surface area contributed by atoms with Gasteiger partial charge in [-0.05, 0) is 24.6 Å². The van der Waals surface area contributed by atoms with Gasteiger partial charge in [-0.2, -0.15) is 0 Å². The van der Waals surface area contributed by atoms with E-state index < -0.39 is 12.0 Å². The molecule has 3 N–H and O–H groups in total. The van der Waals surface area contributed by atoms with Crippen molar-refractivity contribution in [3.63, 3.8) is 0 Å². The van der Waals surface area contributed by atoms with E-state index in [1.54, 1.807) is 38.1 Å². The standard InChI is InChI=1S/C22H32N4O5/c1-4-5-11-31-20(28)13-18-22(30)23-9-10-26(18)19(27)14-24-16-7-6-8-17(12-16)25-21(29)15(2)3/h6-8,12,15,18,24H,4-5,9-11,13-14H2,1-3H3,(H,23,30)(H,25,29). The first kappa shape index (κ1) is 24.2. The average Bonchev–Trinajstić information content (AvgIpc) is 2.74. The lowest BCUT2D eigenvalue weighted by Gasteiger charge is -2.34. The maximum atomic E-state index is 12.8. The number of ether oxygens (including phenoxy) is 1. The fourth-order valence-corrected chi connectivity index (χ4v) is 3.04. The van der Waals surface area contributed by atoms with Crippen molar-refractivity contribution in [1.29, 1.82) is 0 Å². The van der Waals surface area contributed by atoms with Gasteiger partial charge in [0.25, 0.3) is 0 Å². The predicted molar refractivity (Wildman–Crippen MR) is 117 cm³/mol. The lowest BCUT2D eigenvalue weighted by atomic mass is 10.1. The molecule has 1 atom stereocenters. The van der Waals surface area contributed by atoms with Crippen LogP contribution in [0.5, 0.6) is 0 Å². The molecule has 9 heteroatoms. The summed E-state index contributed by atoms with van der Waals surface area (Å²) in [4.78, 5) is 50.4. The Morgan fingerprint density at radius 1 is 1.26 bits per heavy atom. The molecule has 0 radical (unpaired) electrons. The third-order valence-electron chi connectivity index (χ3n) is 4.87. The van der Waals surface area contributed by atoms with Crippen molar-refractivity contribution in [2.75, 3.05) is 36.9 Å². The van der Waals surface area contributed by atoms with Crippen LogP contribution in [-0.4, -0.2) is 60.9 Å². The van der Waals surface area contributed by atoms with Crippen molar-refractivity contribution >= 4 is 35.1 Å². The fraction of sp³-hybridized carbons (Fsp3) is 0.545. The first-order valence-corrected chi connectivity index (χ1v) is 10.7. The van der Waals surface area contributed by atoms with Gasteiger partial charge in [0.05, 0.1) is 19.6 Å². The van der Waals surface area contributed by atoms with E-state index in [1.165, 1.54) is 4.90 Å². The summed E-state index contributed by atoms with van der Waals surface area (Å²) in [5.41, 5.74) is 1.29. The molecule has 1 aromatic rings. The van der Waals surface area contributed by atoms with E-state index in [0.29, 0.717) is 31.1 Å². The number of amides is 3. The van der Waals surface area contributed by atoms with E-state index in [2.05, 4.69) is 16.0 Å². The van der Waals surface area contributed by atoms with Gasteiger partial charge in [-0.3, -0.25) is 19.2 Å². The minimum atomic E-state index is -0.881. The summed E-state index contributed by atoms with van der Waals surface area (Å²) in [6.45, 7) is 6.52. The Bertz CT molecular complexity index is 796. The summed E-state index contributed by atoms with van der Waals surface area (Å²) in [6, 6.07) is 6.17. The molecule has 0 aromatic heterocycles. The zero-order chi connectivity index (χ0) is 22.8. The van der Waals surface area contributed by atoms with Crippen LogP contribution in [0.15, 0.2) is 24.3 Å². The summed E-state index contributed by atoms with van der Waals surface area (Å²) < 4.78 is 5.15. The number of carbonyl (C=O) groups excluding carboxylic acids is 4. The van der Waals surface area contributed by atoms with Gasteiger partial charge in [-0.1, -0.05) is 33.3 Å². The number of anilines is 2. The Hall–Kier alpha value is -3.10. The van der Waals surface area contributed by atoms with Gasteiger partial charge in [0, 0.05) is 30.4 Å². The summed E-state index contributed by atoms with van der Waals surface area (Å²) in [5, 5.41) is 8.53. The van der Waals surface area contributed by atoms with Gasteiger partial charge in [0.15, 0.2) is 0 Å². The third-order valence-corrected chi connectivity index (χ3v) is 4.87. The fourth-order valence-electron chi connectivity index (χ4n) is 3.04. The van der Waals surface area contributed by atoms with Crippen LogP contribution in [0.4, 0.5) is 11.4 Å². The highest BCUT2D eigenvalue weighted by Gasteiger charge is 2.34. The number of rotatable bonds is 10. The summed E-state index contributed by atoms with van der Waals surface area (Å²) in [5.74, 6) is -1.38. The molecule has 0 aliphatic carbocycles. The van der Waals surface area contributed by atoms with Gasteiger partial charge in [0.1, 0.15) is 6.04 Å². The van der Waals surface area contributed by atoms with Gasteiger partial charge in [-0.25, -0.2) is 0 Å². The molecule has 1 aromatic carbocycles. The molecule has 2 rings (SSSR count). The molecular weight excluding hydrogens is 400 g/mol. The number of unbranched alkanes of at least 4 members (excludes halogenated alkanes) is 1. The molecule has 0 saturated carbocycles. The van der Waals surface area contributed by atoms with E-state index in [1.807, 2.05) is 6.92 Å². The van der Waals surface area contributed by atoms with E-state index in [9.17, 15) is 19.2 Å². The van der Waals surface area contributed by atoms with Crippen LogP contribution in [0.1, 0.15) is 40.0 Å². The van der Waals surface area contributed by atoms with E-state index >= 15 is 0 Å². The van der Waals surface area contributed by atoms with Gasteiger partial charge >= 0.3 is 5.97 Å². The van der Waals surface area contributed by atoms with Crippen LogP contribution >= 0.6 is 0 Å². The highest BCUT2D eigenvalue weighted by atomic mass is 16.5. The van der Waals surface area contributed by atoms with Crippen LogP contribution in [0.3, 0.4) is 0 Å². The van der Waals surface area contributed by atoms with Crippen LogP contribution in [-0.2, 0) is 23.9 Å². The maximum absolute atomic E-state index is 12.8. The molecule has 0 spiro atoms. The monoisotopic (exact) mass is 432 g/mol. The van der Waals surface area contributed by atoms with Gasteiger partial charge < -0.3 is 25.6 Å². The summed E-state index contributed by atoms with van der Waals surface area (Å²) in [7, 11) is 0. The zero-order valence-corrected chi connectivity index (χ0v) is 18.4. The molecule has 1 aliphatic rings. The summed E-state index contributed by atoms with van der Waals surface area (Å²) >= 11 is 0. The quantitative estimate of drug-likeness (QED) is 0.383. The molecule has 31 heavy (non-hydrogen) atoms. The molecule has 1 saturated heterocycles. The molecule has 3 amide bonds. The van der Waals surface area contributed by atoms with Crippen molar-refractivity contribution in [3.8, 4) is 0 Å². The number of hydrogen-bond donors (Lipinski definition) is 3. The lowest BCUT2D eigenvalue weighted by Crippen LogP contribution is -2.58. The molecule has 1 aliphatic heterocycles. The minimum Gasteiger partial charge on any atom is -0.466 e. The number of carbonyl (C=O) groups is 4. The second-order valence-electron chi connectivity index (χ2n) is 7.75. The second-order valence-corrected chi connectivity index (χ2v) is 7.75. The molecule has 170 valence electrons. The Labute approximate surface area is 182 Å². The molecule has 9 nitrogen and oxygen atoms in total. The number of esters is 1. The van der Waals surface area contributed by atoms with Crippen molar-refractivity contribution in [2.45, 2.75) is 46.1 Å². The van der Waals surface area contributed by atoms with E-state index in [4.69, 9.17) is 4.74 Å². The molecular formula is C22H32N4O5. The Morgan fingerprint density at radius 2 is 2.00 bits per heavy atom. The van der Waals surface area contributed by atoms with Crippen LogP contribution in [0.25, 0.3) is 0 Å². The lowest BCUT2D eigenvalue weighted by molar-refractivity contribution is -0.151. The maximum Gasteiger partial charge on any atom is 0.308 e. The van der Waals surface area contributed by atoms with Gasteiger partial charge in [0.2, 0.25) is 17.7 Å². The van der Waals surface area contributed by atoms with Crippen molar-refractivity contribution in [3.05, 3.63) is 24.3 Å². The SMILES string of the molecule is CCCCOC(=O)CC1C(=O)NCCN1C(=O)CNc1cccc(NC(=O)C(C)C)c1. The summed E-state index contributed by atoms with van der Waals surface area (Å²) in [6.07, 6.45) is 1.49. The molecule has 1 unspecified atom stereocenters. The first-order valence-electron chi connectivity index (χ1n) is 10.7. The van der Waals surface area contributed by atoms with Crippen LogP contribution in [0.2, 0.25) is 0 Å². The second kappa shape index (κ2) is 11.9. The average molecular weight is 433 g/mol. The van der Waals surface area contributed by atoms with Crippen molar-refractivity contribution in [1.82, 2.24) is 10.2 Å². The largest absolute Gasteiger partial charge is 0.466 e. The third kappa shape index (κ3) is 7.58. The first-order chi connectivity index (χ1) is 14.8. The Morgan fingerprint density at radius 3 is 2.71 bits per heavy atom. The van der Waals surface area contributed by atoms with Crippen LogP contribution in [0, 0.1) is 5.92 Å². The number of hydrogen-bond acceptors (Lipinski definition) is 6. The zero-order valence-electron chi connectivity index (χ0n) is 18.4. The molecule has 0 bridgehead atoms. The van der Waals surface area contributed by atoms with E-state index in [0.717, 1.165) is 12.8 Å². The highest BCUT2D eigenvalue weighted by Crippen LogP contribution is 2.17. The Balaban J connectivity index is 1.95. The number of piperazine rings is 1. The van der Waals surface area contributed by atoms with Gasteiger partial charge in [-0.15, -0.1) is 0 Å². The van der Waals surface area contributed by atoms with Crippen LogP contribution < -0.4 is 16.0 Å². The Kier molecular flexibility index (Phi) is 9.30. The van der Waals surface area contributed by atoms with Crippen molar-refractivity contribution in [2.24, 2.45) is 5.92 Å². The van der Waals surface area contributed by atoms with Crippen molar-refractivity contribution < 1.29 is 23.9 Å². The smallest absolute Gasteiger partial charge is 0.308 e. The highest BCUT2D eigenvalue weighted by molar-refractivity contribution is 5.94. The predicted octanol–water partition coefficient (Wildman–Crippen LogP) is 1.75. The number of nitrogens with one attached hydrogen (secondary N) is 3. The van der Waals surface area contributed by atoms with E-state index in [-0.39, 0.29) is 36.6 Å². The molecule has 1 fully saturated rings. The topological polar surface area (TPSA) is 117 Å². The number of benzene rings is 1. The minimum absolute atomic E-state index is 0.0454. The number of nitrogens with zero attached hydrogens (tertiary/aromatic N) is 1. The normalized spacial score (nSPS) is 15.9.